The summed E-state index contributed by atoms with van der Waals surface area (Å²) in [7, 11) is 0. The van der Waals surface area contributed by atoms with Crippen LogP contribution in [0.4, 0.5) is 11.4 Å². The largest absolute Gasteiger partial charge is 0.379 e. The van der Waals surface area contributed by atoms with Gasteiger partial charge >= 0.3 is 0 Å². The van der Waals surface area contributed by atoms with Gasteiger partial charge in [-0.15, -0.1) is 0 Å². The molecule has 5 heteroatoms. The standard InChI is InChI=1S/C20H20N4O/c1-14-9-15(2)11-18(10-14)24-20(25)19-12-16(6-8-22-19)23-13-17-5-3-4-7-21-17/h3-12H,13H2,1-2H3,(H,22,23)(H,24,25). The summed E-state index contributed by atoms with van der Waals surface area (Å²) >= 11 is 0. The number of pyridine rings is 2. The molecule has 0 aliphatic rings. The van der Waals surface area contributed by atoms with Crippen molar-refractivity contribution in [3.8, 4) is 0 Å². The number of amides is 1. The maximum Gasteiger partial charge on any atom is 0.274 e. The zero-order valence-corrected chi connectivity index (χ0v) is 14.3. The third-order valence-electron chi connectivity index (χ3n) is 3.67. The first kappa shape index (κ1) is 16.6. The van der Waals surface area contributed by atoms with Crippen molar-refractivity contribution in [2.24, 2.45) is 0 Å². The van der Waals surface area contributed by atoms with Crippen molar-refractivity contribution >= 4 is 17.3 Å². The predicted octanol–water partition coefficient (Wildman–Crippen LogP) is 3.96. The summed E-state index contributed by atoms with van der Waals surface area (Å²) in [5.41, 5.74) is 5.11. The number of carbonyl (C=O) groups is 1. The third-order valence-corrected chi connectivity index (χ3v) is 3.67. The highest BCUT2D eigenvalue weighted by molar-refractivity contribution is 6.03. The molecule has 3 rings (SSSR count). The zero-order valence-electron chi connectivity index (χ0n) is 14.3. The van der Waals surface area contributed by atoms with E-state index in [9.17, 15) is 4.79 Å². The summed E-state index contributed by atoms with van der Waals surface area (Å²) in [4.78, 5) is 20.9. The Hall–Kier alpha value is -3.21. The Morgan fingerprint density at radius 1 is 0.920 bits per heavy atom. The molecule has 0 saturated heterocycles. The van der Waals surface area contributed by atoms with Gasteiger partial charge in [0.2, 0.25) is 0 Å². The van der Waals surface area contributed by atoms with Crippen LogP contribution < -0.4 is 10.6 Å². The zero-order chi connectivity index (χ0) is 17.6. The molecule has 0 unspecified atom stereocenters. The summed E-state index contributed by atoms with van der Waals surface area (Å²) in [6.45, 7) is 4.59. The van der Waals surface area contributed by atoms with E-state index in [0.29, 0.717) is 12.2 Å². The minimum atomic E-state index is -0.230. The van der Waals surface area contributed by atoms with Gasteiger partial charge in [0.25, 0.3) is 5.91 Å². The lowest BCUT2D eigenvalue weighted by atomic mass is 10.1. The molecule has 2 N–H and O–H groups in total. The number of rotatable bonds is 5. The highest BCUT2D eigenvalue weighted by atomic mass is 16.1. The van der Waals surface area contributed by atoms with E-state index in [1.165, 1.54) is 0 Å². The number of aromatic nitrogens is 2. The maximum atomic E-state index is 12.4. The molecule has 126 valence electrons. The fraction of sp³-hybridized carbons (Fsp3) is 0.150. The SMILES string of the molecule is Cc1cc(C)cc(NC(=O)c2cc(NCc3ccccn3)ccn2)c1. The van der Waals surface area contributed by atoms with E-state index in [0.717, 1.165) is 28.2 Å². The van der Waals surface area contributed by atoms with Crippen LogP contribution in [0.15, 0.2) is 60.9 Å². The second-order valence-electron chi connectivity index (χ2n) is 5.93. The van der Waals surface area contributed by atoms with Crippen molar-refractivity contribution in [1.82, 2.24) is 9.97 Å². The number of hydrogen-bond donors (Lipinski definition) is 2. The Balaban J connectivity index is 1.68. The molecular weight excluding hydrogens is 312 g/mol. The van der Waals surface area contributed by atoms with Crippen LogP contribution in [0.25, 0.3) is 0 Å². The number of nitrogens with zero attached hydrogens (tertiary/aromatic N) is 2. The van der Waals surface area contributed by atoms with E-state index in [4.69, 9.17) is 0 Å². The molecule has 0 saturated carbocycles. The van der Waals surface area contributed by atoms with E-state index in [1.807, 2.05) is 50.2 Å². The molecule has 1 aromatic carbocycles. The second kappa shape index (κ2) is 7.57. The first-order chi connectivity index (χ1) is 12.1. The Labute approximate surface area is 147 Å². The smallest absolute Gasteiger partial charge is 0.274 e. The molecule has 5 nitrogen and oxygen atoms in total. The van der Waals surface area contributed by atoms with Crippen LogP contribution in [0.2, 0.25) is 0 Å². The number of anilines is 2. The van der Waals surface area contributed by atoms with Crippen molar-refractivity contribution < 1.29 is 4.79 Å². The number of aryl methyl sites for hydroxylation is 2. The van der Waals surface area contributed by atoms with Crippen LogP contribution in [-0.2, 0) is 6.54 Å². The molecule has 0 fully saturated rings. The summed E-state index contributed by atoms with van der Waals surface area (Å²) in [5, 5.41) is 6.16. The Morgan fingerprint density at radius 2 is 1.72 bits per heavy atom. The van der Waals surface area contributed by atoms with Gasteiger partial charge in [-0.05, 0) is 61.4 Å². The van der Waals surface area contributed by atoms with Crippen LogP contribution >= 0.6 is 0 Å². The van der Waals surface area contributed by atoms with Crippen LogP contribution in [-0.4, -0.2) is 15.9 Å². The normalized spacial score (nSPS) is 10.3. The lowest BCUT2D eigenvalue weighted by molar-refractivity contribution is 0.102. The quantitative estimate of drug-likeness (QED) is 0.742. The summed E-state index contributed by atoms with van der Waals surface area (Å²) in [6.07, 6.45) is 3.38. The second-order valence-corrected chi connectivity index (χ2v) is 5.93. The average molecular weight is 332 g/mol. The van der Waals surface area contributed by atoms with E-state index in [2.05, 4.69) is 26.7 Å². The van der Waals surface area contributed by atoms with Gasteiger partial charge in [0.15, 0.2) is 0 Å². The molecule has 25 heavy (non-hydrogen) atoms. The third kappa shape index (κ3) is 4.64. The first-order valence-electron chi connectivity index (χ1n) is 8.09. The van der Waals surface area contributed by atoms with Crippen LogP contribution in [0, 0.1) is 13.8 Å². The summed E-state index contributed by atoms with van der Waals surface area (Å²) in [6, 6.07) is 15.3. The molecule has 1 amide bonds. The average Bonchev–Trinajstić information content (AvgIpc) is 2.60. The minimum Gasteiger partial charge on any atom is -0.379 e. The number of carbonyl (C=O) groups excluding carboxylic acids is 1. The summed E-state index contributed by atoms with van der Waals surface area (Å²) in [5.74, 6) is -0.230. The van der Waals surface area contributed by atoms with Gasteiger partial charge in [-0.3, -0.25) is 14.8 Å². The molecule has 0 spiro atoms. The van der Waals surface area contributed by atoms with E-state index < -0.39 is 0 Å². The first-order valence-corrected chi connectivity index (χ1v) is 8.09. The monoisotopic (exact) mass is 332 g/mol. The molecule has 2 aromatic heterocycles. The van der Waals surface area contributed by atoms with Gasteiger partial charge in [0, 0.05) is 23.8 Å². The fourth-order valence-electron chi connectivity index (χ4n) is 2.60. The van der Waals surface area contributed by atoms with Gasteiger partial charge in [0.1, 0.15) is 5.69 Å². The van der Waals surface area contributed by atoms with Crippen molar-refractivity contribution in [3.05, 3.63) is 83.4 Å². The molecule has 0 aliphatic carbocycles. The van der Waals surface area contributed by atoms with E-state index in [-0.39, 0.29) is 5.91 Å². The van der Waals surface area contributed by atoms with Gasteiger partial charge < -0.3 is 10.6 Å². The molecule has 2 heterocycles. The van der Waals surface area contributed by atoms with Crippen molar-refractivity contribution in [1.29, 1.82) is 0 Å². The van der Waals surface area contributed by atoms with Gasteiger partial charge in [-0.25, -0.2) is 0 Å². The molecule has 0 bridgehead atoms. The molecule has 3 aromatic rings. The highest BCUT2D eigenvalue weighted by Crippen LogP contribution is 2.16. The summed E-state index contributed by atoms with van der Waals surface area (Å²) < 4.78 is 0. The van der Waals surface area contributed by atoms with Crippen molar-refractivity contribution in [3.63, 3.8) is 0 Å². The molecule has 0 aliphatic heterocycles. The number of hydrogen-bond acceptors (Lipinski definition) is 4. The predicted molar refractivity (Wildman–Crippen MR) is 99.7 cm³/mol. The number of nitrogens with one attached hydrogen (secondary N) is 2. The minimum absolute atomic E-state index is 0.230. The molecular formula is C20H20N4O. The van der Waals surface area contributed by atoms with Crippen molar-refractivity contribution in [2.75, 3.05) is 10.6 Å². The highest BCUT2D eigenvalue weighted by Gasteiger charge is 2.09. The van der Waals surface area contributed by atoms with E-state index in [1.54, 1.807) is 18.5 Å². The number of benzene rings is 1. The Morgan fingerprint density at radius 3 is 2.44 bits per heavy atom. The van der Waals surface area contributed by atoms with Crippen LogP contribution in [0.5, 0.6) is 0 Å². The van der Waals surface area contributed by atoms with Crippen LogP contribution in [0.1, 0.15) is 27.3 Å². The Kier molecular flexibility index (Phi) is 5.04. The molecule has 0 radical (unpaired) electrons. The molecule has 0 atom stereocenters. The van der Waals surface area contributed by atoms with E-state index >= 15 is 0 Å². The fourth-order valence-corrected chi connectivity index (χ4v) is 2.60. The lowest BCUT2D eigenvalue weighted by Crippen LogP contribution is -2.14. The Bertz CT molecular complexity index is 858. The lowest BCUT2D eigenvalue weighted by Gasteiger charge is -2.09. The van der Waals surface area contributed by atoms with Crippen molar-refractivity contribution in [2.45, 2.75) is 20.4 Å². The van der Waals surface area contributed by atoms with Crippen LogP contribution in [0.3, 0.4) is 0 Å². The van der Waals surface area contributed by atoms with Gasteiger partial charge in [0.05, 0.1) is 12.2 Å². The van der Waals surface area contributed by atoms with Gasteiger partial charge in [-0.2, -0.15) is 0 Å². The topological polar surface area (TPSA) is 66.9 Å². The maximum absolute atomic E-state index is 12.4. The van der Waals surface area contributed by atoms with Gasteiger partial charge in [-0.1, -0.05) is 12.1 Å².